The lowest BCUT2D eigenvalue weighted by Gasteiger charge is -2.19. The Morgan fingerprint density at radius 3 is 2.28 bits per heavy atom. The van der Waals surface area contributed by atoms with Crippen molar-refractivity contribution in [3.05, 3.63) is 71.0 Å². The van der Waals surface area contributed by atoms with Crippen molar-refractivity contribution in [3.63, 3.8) is 0 Å². The van der Waals surface area contributed by atoms with Crippen LogP contribution in [-0.2, 0) is 11.3 Å². The minimum atomic E-state index is -1.72. The van der Waals surface area contributed by atoms with E-state index < -0.39 is 42.3 Å². The molecule has 0 saturated carbocycles. The number of hydrogen-bond donors (Lipinski definition) is 3. The Balaban J connectivity index is 1.84. The second-order valence-corrected chi connectivity index (χ2v) is 5.25. The first-order valence-electron chi connectivity index (χ1n) is 7.33. The molecule has 2 unspecified atom stereocenters. The second kappa shape index (κ2) is 8.50. The standard InChI is InChI=1S/C17H16F3NO4/c18-12-6-11(7-13(19)15(12)20)16(23)14(22)8-21-17(24)25-9-10-4-2-1-3-5-10/h1-7,14,16,22-23H,8-9H2,(H,21,24). The normalized spacial score (nSPS) is 13.2. The van der Waals surface area contributed by atoms with Gasteiger partial charge in [-0.15, -0.1) is 0 Å². The number of aliphatic hydroxyl groups is 2. The minimum absolute atomic E-state index is 0.0136. The summed E-state index contributed by atoms with van der Waals surface area (Å²) in [7, 11) is 0. The van der Waals surface area contributed by atoms with E-state index in [9.17, 15) is 28.2 Å². The molecular weight excluding hydrogens is 339 g/mol. The number of carbonyl (C=O) groups excluding carboxylic acids is 1. The van der Waals surface area contributed by atoms with Gasteiger partial charge in [-0.3, -0.25) is 0 Å². The first-order valence-corrected chi connectivity index (χ1v) is 7.33. The number of aliphatic hydroxyl groups excluding tert-OH is 2. The molecule has 2 atom stereocenters. The van der Waals surface area contributed by atoms with E-state index in [0.29, 0.717) is 12.1 Å². The van der Waals surface area contributed by atoms with Crippen molar-refractivity contribution < 1.29 is 32.9 Å². The number of nitrogens with one attached hydrogen (secondary N) is 1. The molecule has 0 bridgehead atoms. The predicted molar refractivity (Wildman–Crippen MR) is 81.9 cm³/mol. The number of rotatable bonds is 6. The quantitative estimate of drug-likeness (QED) is 0.696. The van der Waals surface area contributed by atoms with Gasteiger partial charge in [0.15, 0.2) is 17.5 Å². The van der Waals surface area contributed by atoms with Gasteiger partial charge in [0.2, 0.25) is 0 Å². The lowest BCUT2D eigenvalue weighted by atomic mass is 10.0. The zero-order valence-corrected chi connectivity index (χ0v) is 13.0. The molecule has 0 radical (unpaired) electrons. The summed E-state index contributed by atoms with van der Waals surface area (Å²) >= 11 is 0. The number of carbonyl (C=O) groups is 1. The van der Waals surface area contributed by atoms with Gasteiger partial charge in [0, 0.05) is 6.54 Å². The van der Waals surface area contributed by atoms with Crippen molar-refractivity contribution in [2.45, 2.75) is 18.8 Å². The molecule has 0 aromatic heterocycles. The minimum Gasteiger partial charge on any atom is -0.445 e. The van der Waals surface area contributed by atoms with Crippen LogP contribution >= 0.6 is 0 Å². The highest BCUT2D eigenvalue weighted by Crippen LogP contribution is 2.21. The first-order chi connectivity index (χ1) is 11.9. The topological polar surface area (TPSA) is 78.8 Å². The third kappa shape index (κ3) is 5.20. The summed E-state index contributed by atoms with van der Waals surface area (Å²) in [6.45, 7) is -0.422. The van der Waals surface area contributed by atoms with Crippen molar-refractivity contribution in [3.8, 4) is 0 Å². The van der Waals surface area contributed by atoms with Gasteiger partial charge in [0.1, 0.15) is 18.8 Å². The van der Waals surface area contributed by atoms with Crippen molar-refractivity contribution in [2.75, 3.05) is 6.54 Å². The number of hydrogen-bond acceptors (Lipinski definition) is 4. The summed E-state index contributed by atoms with van der Waals surface area (Å²) in [5, 5.41) is 21.9. The largest absolute Gasteiger partial charge is 0.445 e. The van der Waals surface area contributed by atoms with Crippen LogP contribution in [0.4, 0.5) is 18.0 Å². The Morgan fingerprint density at radius 2 is 1.68 bits per heavy atom. The molecule has 2 aromatic carbocycles. The molecule has 0 aliphatic rings. The predicted octanol–water partition coefficient (Wildman–Crippen LogP) is 2.42. The third-order valence-corrected chi connectivity index (χ3v) is 3.38. The SMILES string of the molecule is O=C(NCC(O)C(O)c1cc(F)c(F)c(F)c1)OCc1ccccc1. The Bertz CT molecular complexity index is 704. The molecule has 8 heteroatoms. The Hall–Kier alpha value is -2.58. The van der Waals surface area contributed by atoms with Gasteiger partial charge in [0.25, 0.3) is 0 Å². The van der Waals surface area contributed by atoms with Crippen LogP contribution in [0.5, 0.6) is 0 Å². The molecule has 1 amide bonds. The van der Waals surface area contributed by atoms with Crippen LogP contribution in [0.3, 0.4) is 0 Å². The molecule has 0 fully saturated rings. The summed E-state index contributed by atoms with van der Waals surface area (Å²) in [5.41, 5.74) is 0.402. The van der Waals surface area contributed by atoms with Crippen LogP contribution in [0, 0.1) is 17.5 Å². The van der Waals surface area contributed by atoms with E-state index in [1.165, 1.54) is 0 Å². The van der Waals surface area contributed by atoms with Gasteiger partial charge in [-0.1, -0.05) is 30.3 Å². The van der Waals surface area contributed by atoms with Gasteiger partial charge in [-0.2, -0.15) is 0 Å². The van der Waals surface area contributed by atoms with E-state index >= 15 is 0 Å². The van der Waals surface area contributed by atoms with Crippen LogP contribution in [0.1, 0.15) is 17.2 Å². The first kappa shape index (κ1) is 18.8. The number of halogens is 3. The summed E-state index contributed by atoms with van der Waals surface area (Å²) in [6, 6.07) is 10.0. The maximum atomic E-state index is 13.1. The van der Waals surface area contributed by atoms with E-state index in [4.69, 9.17) is 4.74 Å². The van der Waals surface area contributed by atoms with Gasteiger partial charge in [-0.05, 0) is 23.3 Å². The fourth-order valence-corrected chi connectivity index (χ4v) is 2.04. The van der Waals surface area contributed by atoms with Gasteiger partial charge in [-0.25, -0.2) is 18.0 Å². The molecule has 0 aliphatic carbocycles. The molecule has 2 rings (SSSR count). The van der Waals surface area contributed by atoms with Crippen LogP contribution in [-0.4, -0.2) is 29.0 Å². The number of ether oxygens (including phenoxy) is 1. The Labute approximate surface area is 141 Å². The smallest absolute Gasteiger partial charge is 0.407 e. The Kier molecular flexibility index (Phi) is 6.37. The summed E-state index contributed by atoms with van der Waals surface area (Å²) in [6.07, 6.45) is -4.14. The second-order valence-electron chi connectivity index (χ2n) is 5.25. The lowest BCUT2D eigenvalue weighted by Crippen LogP contribution is -2.35. The molecule has 134 valence electrons. The van der Waals surface area contributed by atoms with Crippen molar-refractivity contribution in [1.82, 2.24) is 5.32 Å². The molecule has 5 nitrogen and oxygen atoms in total. The molecule has 0 spiro atoms. The monoisotopic (exact) mass is 355 g/mol. The van der Waals surface area contributed by atoms with E-state index in [2.05, 4.69) is 5.32 Å². The average molecular weight is 355 g/mol. The van der Waals surface area contributed by atoms with Crippen molar-refractivity contribution in [2.24, 2.45) is 0 Å². The molecular formula is C17H16F3NO4. The van der Waals surface area contributed by atoms with E-state index in [1.54, 1.807) is 24.3 Å². The molecule has 2 aromatic rings. The van der Waals surface area contributed by atoms with E-state index in [-0.39, 0.29) is 12.2 Å². The van der Waals surface area contributed by atoms with E-state index in [0.717, 1.165) is 5.56 Å². The van der Waals surface area contributed by atoms with Crippen molar-refractivity contribution in [1.29, 1.82) is 0 Å². The molecule has 25 heavy (non-hydrogen) atoms. The lowest BCUT2D eigenvalue weighted by molar-refractivity contribution is 0.0180. The fourth-order valence-electron chi connectivity index (χ4n) is 2.04. The van der Waals surface area contributed by atoms with Crippen LogP contribution < -0.4 is 5.32 Å². The molecule has 3 N–H and O–H groups in total. The van der Waals surface area contributed by atoms with Crippen LogP contribution in [0.25, 0.3) is 0 Å². The molecule has 0 aliphatic heterocycles. The van der Waals surface area contributed by atoms with Crippen molar-refractivity contribution >= 4 is 6.09 Å². The Morgan fingerprint density at radius 1 is 1.08 bits per heavy atom. The molecule has 0 heterocycles. The van der Waals surface area contributed by atoms with E-state index in [1.807, 2.05) is 6.07 Å². The summed E-state index contributed by atoms with van der Waals surface area (Å²) in [4.78, 5) is 11.5. The number of amides is 1. The highest BCUT2D eigenvalue weighted by atomic mass is 19.2. The van der Waals surface area contributed by atoms with Crippen LogP contribution in [0.15, 0.2) is 42.5 Å². The van der Waals surface area contributed by atoms with Gasteiger partial charge < -0.3 is 20.3 Å². The average Bonchev–Trinajstić information content (AvgIpc) is 2.62. The number of alkyl carbamates (subject to hydrolysis) is 1. The van der Waals surface area contributed by atoms with Gasteiger partial charge >= 0.3 is 6.09 Å². The summed E-state index contributed by atoms with van der Waals surface area (Å²) in [5.74, 6) is -4.65. The zero-order chi connectivity index (χ0) is 18.4. The van der Waals surface area contributed by atoms with Crippen LogP contribution in [0.2, 0.25) is 0 Å². The maximum absolute atomic E-state index is 13.1. The third-order valence-electron chi connectivity index (χ3n) is 3.38. The fraction of sp³-hybridized carbons (Fsp3) is 0.235. The maximum Gasteiger partial charge on any atom is 0.407 e. The highest BCUT2D eigenvalue weighted by Gasteiger charge is 2.22. The number of benzene rings is 2. The zero-order valence-electron chi connectivity index (χ0n) is 13.0. The highest BCUT2D eigenvalue weighted by molar-refractivity contribution is 5.67. The van der Waals surface area contributed by atoms with Gasteiger partial charge in [0.05, 0.1) is 0 Å². The summed E-state index contributed by atoms with van der Waals surface area (Å²) < 4.78 is 44.1. The molecule has 0 saturated heterocycles.